The van der Waals surface area contributed by atoms with Crippen LogP contribution in [0.5, 0.6) is 0 Å². The standard InChI is InChI=1S/C32H36FN7O2/c1-21-30(28-15-23-17-38(2)18-24(23)16-34-28)37-40(26-10-5-4-6-11-26)31(21)36-32(41)35-29-20-39(12-13-42-3)19-27(29)22-8-7-9-25(33)14-22/h4-11,14-16,27,29H,12-13,17-20H2,1-3H3,(H2,35,36,41)/t27-,29+/m0/s1. The van der Waals surface area contributed by atoms with E-state index in [2.05, 4.69) is 33.5 Å². The Labute approximate surface area is 245 Å². The van der Waals surface area contributed by atoms with E-state index in [9.17, 15) is 9.18 Å². The van der Waals surface area contributed by atoms with E-state index in [-0.39, 0.29) is 23.8 Å². The third kappa shape index (κ3) is 5.78. The number of pyridine rings is 1. The maximum Gasteiger partial charge on any atom is 0.320 e. The highest BCUT2D eigenvalue weighted by molar-refractivity contribution is 5.91. The fourth-order valence-electron chi connectivity index (χ4n) is 6.05. The van der Waals surface area contributed by atoms with E-state index in [1.807, 2.05) is 49.5 Å². The fourth-order valence-corrected chi connectivity index (χ4v) is 6.05. The van der Waals surface area contributed by atoms with Crippen molar-refractivity contribution in [3.05, 3.63) is 94.9 Å². The van der Waals surface area contributed by atoms with Crippen LogP contribution in [-0.4, -0.2) is 77.0 Å². The van der Waals surface area contributed by atoms with E-state index >= 15 is 0 Å². The topological polar surface area (TPSA) is 87.6 Å². The summed E-state index contributed by atoms with van der Waals surface area (Å²) in [5, 5.41) is 11.2. The zero-order valence-electron chi connectivity index (χ0n) is 24.2. The van der Waals surface area contributed by atoms with E-state index < -0.39 is 0 Å². The lowest BCUT2D eigenvalue weighted by molar-refractivity contribution is 0.159. The largest absolute Gasteiger partial charge is 0.383 e. The first-order valence-corrected chi connectivity index (χ1v) is 14.3. The number of rotatable bonds is 8. The Morgan fingerprint density at radius 1 is 1.07 bits per heavy atom. The molecule has 6 rings (SSSR count). The second-order valence-corrected chi connectivity index (χ2v) is 11.2. The minimum absolute atomic E-state index is 0.0623. The van der Waals surface area contributed by atoms with Gasteiger partial charge >= 0.3 is 6.03 Å². The molecule has 10 heteroatoms. The number of halogens is 1. The van der Waals surface area contributed by atoms with Crippen molar-refractivity contribution in [2.24, 2.45) is 0 Å². The number of methoxy groups -OCH3 is 1. The molecule has 2 amide bonds. The monoisotopic (exact) mass is 569 g/mol. The van der Waals surface area contributed by atoms with Gasteiger partial charge in [0.1, 0.15) is 17.3 Å². The third-order valence-electron chi connectivity index (χ3n) is 8.16. The maximum absolute atomic E-state index is 14.1. The molecule has 2 aliphatic heterocycles. The molecule has 0 saturated carbocycles. The van der Waals surface area contributed by atoms with Gasteiger partial charge < -0.3 is 10.1 Å². The average molecular weight is 570 g/mol. The van der Waals surface area contributed by atoms with Crippen molar-refractivity contribution in [2.45, 2.75) is 32.0 Å². The number of hydrogen-bond donors (Lipinski definition) is 2. The Bertz CT molecular complexity index is 1570. The molecule has 0 bridgehead atoms. The fraction of sp³-hybridized carbons (Fsp3) is 0.344. The summed E-state index contributed by atoms with van der Waals surface area (Å²) in [7, 11) is 3.77. The van der Waals surface area contributed by atoms with Gasteiger partial charge in [-0.05, 0) is 61.0 Å². The molecule has 9 nitrogen and oxygen atoms in total. The Balaban J connectivity index is 1.28. The molecule has 2 aromatic heterocycles. The molecule has 2 aromatic carbocycles. The molecular formula is C32H36FN7O2. The third-order valence-corrected chi connectivity index (χ3v) is 8.16. The molecule has 1 fully saturated rings. The van der Waals surface area contributed by atoms with E-state index in [4.69, 9.17) is 14.8 Å². The van der Waals surface area contributed by atoms with Gasteiger partial charge in [-0.2, -0.15) is 5.10 Å². The van der Waals surface area contributed by atoms with Crippen LogP contribution in [0.1, 0.15) is 28.2 Å². The van der Waals surface area contributed by atoms with Crippen LogP contribution >= 0.6 is 0 Å². The lowest BCUT2D eigenvalue weighted by atomic mass is 9.94. The minimum Gasteiger partial charge on any atom is -0.383 e. The number of fused-ring (bicyclic) bond motifs is 1. The lowest BCUT2D eigenvalue weighted by Gasteiger charge is -2.21. The molecule has 218 valence electrons. The molecule has 2 atom stereocenters. The smallest absolute Gasteiger partial charge is 0.320 e. The van der Waals surface area contributed by atoms with E-state index in [0.717, 1.165) is 47.8 Å². The quantitative estimate of drug-likeness (QED) is 0.324. The van der Waals surface area contributed by atoms with Gasteiger partial charge in [-0.3, -0.25) is 20.1 Å². The normalized spacial score (nSPS) is 18.8. The molecule has 0 unspecified atom stereocenters. The lowest BCUT2D eigenvalue weighted by Crippen LogP contribution is -2.42. The summed E-state index contributed by atoms with van der Waals surface area (Å²) in [4.78, 5) is 22.8. The number of anilines is 1. The van der Waals surface area contributed by atoms with Gasteiger partial charge in [0, 0.05) is 57.5 Å². The van der Waals surface area contributed by atoms with Crippen LogP contribution in [0.15, 0.2) is 66.9 Å². The molecule has 1 saturated heterocycles. The van der Waals surface area contributed by atoms with Gasteiger partial charge in [0.2, 0.25) is 0 Å². The van der Waals surface area contributed by atoms with Crippen molar-refractivity contribution in [3.8, 4) is 17.1 Å². The number of benzene rings is 2. The zero-order chi connectivity index (χ0) is 29.2. The zero-order valence-corrected chi connectivity index (χ0v) is 24.2. The average Bonchev–Trinajstić information content (AvgIpc) is 3.66. The van der Waals surface area contributed by atoms with Crippen LogP contribution in [0, 0.1) is 12.7 Å². The van der Waals surface area contributed by atoms with Gasteiger partial charge in [-0.15, -0.1) is 0 Å². The van der Waals surface area contributed by atoms with Crippen molar-refractivity contribution in [1.29, 1.82) is 0 Å². The predicted molar refractivity (Wildman–Crippen MR) is 160 cm³/mol. The first-order chi connectivity index (χ1) is 20.4. The molecule has 0 radical (unpaired) electrons. The number of aromatic nitrogens is 3. The molecule has 42 heavy (non-hydrogen) atoms. The van der Waals surface area contributed by atoms with Crippen molar-refractivity contribution < 1.29 is 13.9 Å². The Morgan fingerprint density at radius 3 is 2.67 bits per heavy atom. The summed E-state index contributed by atoms with van der Waals surface area (Å²) in [6.07, 6.45) is 1.93. The number of carbonyl (C=O) groups excluding carboxylic acids is 1. The molecule has 0 spiro atoms. The van der Waals surface area contributed by atoms with Crippen LogP contribution < -0.4 is 10.6 Å². The highest BCUT2D eigenvalue weighted by Gasteiger charge is 2.35. The number of para-hydroxylation sites is 1. The van der Waals surface area contributed by atoms with E-state index in [1.165, 1.54) is 17.2 Å². The van der Waals surface area contributed by atoms with Gasteiger partial charge in [0.25, 0.3) is 0 Å². The number of nitrogens with one attached hydrogen (secondary N) is 2. The SMILES string of the molecule is COCCN1C[C@@H](NC(=O)Nc2c(C)c(-c3cc4c(cn3)CN(C)C4)nn2-c2ccccc2)[C@H](c2cccc(F)c2)C1. The van der Waals surface area contributed by atoms with Crippen molar-refractivity contribution >= 4 is 11.8 Å². The Morgan fingerprint density at radius 2 is 1.88 bits per heavy atom. The highest BCUT2D eigenvalue weighted by Crippen LogP contribution is 2.33. The van der Waals surface area contributed by atoms with Gasteiger partial charge in [-0.1, -0.05) is 30.3 Å². The van der Waals surface area contributed by atoms with Gasteiger partial charge in [-0.25, -0.2) is 13.9 Å². The second kappa shape index (κ2) is 12.0. The van der Waals surface area contributed by atoms with Crippen molar-refractivity contribution in [2.75, 3.05) is 45.7 Å². The summed E-state index contributed by atoms with van der Waals surface area (Å²) in [5.41, 5.74) is 6.47. The summed E-state index contributed by atoms with van der Waals surface area (Å²) in [6.45, 7) is 6.35. The second-order valence-electron chi connectivity index (χ2n) is 11.2. The van der Waals surface area contributed by atoms with Gasteiger partial charge in [0.05, 0.1) is 24.0 Å². The first-order valence-electron chi connectivity index (χ1n) is 14.3. The van der Waals surface area contributed by atoms with Crippen LogP contribution in [0.3, 0.4) is 0 Å². The minimum atomic E-state index is -0.342. The van der Waals surface area contributed by atoms with Gasteiger partial charge in [0.15, 0.2) is 0 Å². The maximum atomic E-state index is 14.1. The Hall–Kier alpha value is -4.12. The molecule has 0 aliphatic carbocycles. The van der Waals surface area contributed by atoms with E-state index in [0.29, 0.717) is 25.5 Å². The molecule has 2 N–H and O–H groups in total. The van der Waals surface area contributed by atoms with Crippen molar-refractivity contribution in [1.82, 2.24) is 29.9 Å². The number of carbonyl (C=O) groups is 1. The Kier molecular flexibility index (Phi) is 8.01. The summed E-state index contributed by atoms with van der Waals surface area (Å²) in [6, 6.07) is 17.9. The first kappa shape index (κ1) is 28.0. The predicted octanol–water partition coefficient (Wildman–Crippen LogP) is 4.56. The number of likely N-dealkylation sites (tertiary alicyclic amines) is 1. The van der Waals surface area contributed by atoms with Crippen LogP contribution in [0.2, 0.25) is 0 Å². The number of urea groups is 1. The molecular weight excluding hydrogens is 533 g/mol. The van der Waals surface area contributed by atoms with Crippen LogP contribution in [0.4, 0.5) is 15.0 Å². The summed E-state index contributed by atoms with van der Waals surface area (Å²) < 4.78 is 21.2. The number of nitrogens with zero attached hydrogens (tertiary/aromatic N) is 5. The molecule has 2 aliphatic rings. The van der Waals surface area contributed by atoms with E-state index in [1.54, 1.807) is 23.9 Å². The highest BCUT2D eigenvalue weighted by atomic mass is 19.1. The molecule has 4 heterocycles. The van der Waals surface area contributed by atoms with Crippen molar-refractivity contribution in [3.63, 3.8) is 0 Å². The number of ether oxygens (including phenoxy) is 1. The summed E-state index contributed by atoms with van der Waals surface area (Å²) in [5.74, 6) is 0.227. The number of amides is 2. The van der Waals surface area contributed by atoms with Crippen LogP contribution in [-0.2, 0) is 17.8 Å². The number of hydrogen-bond acceptors (Lipinski definition) is 6. The molecule has 4 aromatic rings. The summed E-state index contributed by atoms with van der Waals surface area (Å²) >= 11 is 0. The van der Waals surface area contributed by atoms with Crippen LogP contribution in [0.25, 0.3) is 17.1 Å².